The van der Waals surface area contributed by atoms with E-state index in [2.05, 4.69) is 5.32 Å². The van der Waals surface area contributed by atoms with Crippen molar-refractivity contribution in [3.8, 4) is 0 Å². The van der Waals surface area contributed by atoms with Gasteiger partial charge in [-0.25, -0.2) is 0 Å². The molecule has 2 nitrogen and oxygen atoms in total. The second-order valence-corrected chi connectivity index (χ2v) is 9.08. The number of carbonyl (C=O) groups is 1. The fraction of sp³-hybridized carbons (Fsp3) is 0.278. The van der Waals surface area contributed by atoms with Gasteiger partial charge < -0.3 is 5.32 Å². The molecule has 0 bridgehead atoms. The molecule has 2 aromatic rings. The van der Waals surface area contributed by atoms with Gasteiger partial charge in [-0.3, -0.25) is 4.79 Å². The summed E-state index contributed by atoms with van der Waals surface area (Å²) in [5.74, 6) is 1.71. The topological polar surface area (TPSA) is 29.1 Å². The van der Waals surface area contributed by atoms with Crippen LogP contribution in [0.4, 0.5) is 0 Å². The molecule has 2 aromatic carbocycles. The van der Waals surface area contributed by atoms with E-state index in [-0.39, 0.29) is 11.2 Å². The number of hydrogen-bond donors (Lipinski definition) is 1. The molecule has 0 aliphatic rings. The first-order valence-electron chi connectivity index (χ1n) is 7.67. The first-order valence-corrected chi connectivity index (χ1v) is 10.8. The molecule has 1 N–H and O–H groups in total. The fourth-order valence-corrected chi connectivity index (χ4v) is 4.12. The number of benzene rings is 2. The van der Waals surface area contributed by atoms with Crippen LogP contribution in [0.15, 0.2) is 47.4 Å². The van der Waals surface area contributed by atoms with Crippen LogP contribution < -0.4 is 5.32 Å². The predicted octanol–water partition coefficient (Wildman–Crippen LogP) is 6.18. The SMILES string of the molecule is C[C@@H](Sc1ccc(Cl)cc1)C(=O)NCCSCc1ccc(Cl)c(Cl)c1. The Morgan fingerprint density at radius 2 is 1.80 bits per heavy atom. The maximum absolute atomic E-state index is 12.1. The third kappa shape index (κ3) is 7.32. The van der Waals surface area contributed by atoms with E-state index in [0.717, 1.165) is 22.0 Å². The van der Waals surface area contributed by atoms with Crippen LogP contribution in [-0.4, -0.2) is 23.5 Å². The first-order chi connectivity index (χ1) is 12.0. The van der Waals surface area contributed by atoms with Gasteiger partial charge in [-0.05, 0) is 48.9 Å². The van der Waals surface area contributed by atoms with Gasteiger partial charge in [0.2, 0.25) is 5.91 Å². The van der Waals surface area contributed by atoms with Crippen molar-refractivity contribution in [1.29, 1.82) is 0 Å². The molecule has 0 aromatic heterocycles. The lowest BCUT2D eigenvalue weighted by atomic mass is 10.2. The Morgan fingerprint density at radius 1 is 1.08 bits per heavy atom. The van der Waals surface area contributed by atoms with Gasteiger partial charge in [-0.15, -0.1) is 11.8 Å². The van der Waals surface area contributed by atoms with Crippen LogP contribution in [0.2, 0.25) is 15.1 Å². The molecule has 0 heterocycles. The standard InChI is InChI=1S/C18H18Cl3NOS2/c1-12(25-15-5-3-14(19)4-6-15)18(23)22-8-9-24-11-13-2-7-16(20)17(21)10-13/h2-7,10,12H,8-9,11H2,1H3,(H,22,23)/t12-/m1/s1. The minimum absolute atomic E-state index is 0.0371. The molecule has 0 saturated carbocycles. The maximum atomic E-state index is 12.1. The zero-order valence-corrected chi connectivity index (χ0v) is 17.5. The Morgan fingerprint density at radius 3 is 2.48 bits per heavy atom. The van der Waals surface area contributed by atoms with Crippen molar-refractivity contribution in [2.75, 3.05) is 12.3 Å². The smallest absolute Gasteiger partial charge is 0.233 e. The molecule has 0 radical (unpaired) electrons. The summed E-state index contributed by atoms with van der Waals surface area (Å²) in [7, 11) is 0. The maximum Gasteiger partial charge on any atom is 0.233 e. The van der Waals surface area contributed by atoms with Gasteiger partial charge in [-0.1, -0.05) is 40.9 Å². The van der Waals surface area contributed by atoms with Gasteiger partial charge in [0.1, 0.15) is 0 Å². The summed E-state index contributed by atoms with van der Waals surface area (Å²) in [6.45, 7) is 2.54. The summed E-state index contributed by atoms with van der Waals surface area (Å²) in [6.07, 6.45) is 0. The summed E-state index contributed by atoms with van der Waals surface area (Å²) in [6, 6.07) is 13.1. The highest BCUT2D eigenvalue weighted by molar-refractivity contribution is 8.00. The van der Waals surface area contributed by atoms with E-state index in [9.17, 15) is 4.79 Å². The number of nitrogens with one attached hydrogen (secondary N) is 1. The number of hydrogen-bond acceptors (Lipinski definition) is 3. The summed E-state index contributed by atoms with van der Waals surface area (Å²) >= 11 is 21.0. The minimum Gasteiger partial charge on any atom is -0.354 e. The molecule has 25 heavy (non-hydrogen) atoms. The molecule has 1 atom stereocenters. The highest BCUT2D eigenvalue weighted by Crippen LogP contribution is 2.25. The van der Waals surface area contributed by atoms with Crippen LogP contribution in [0.25, 0.3) is 0 Å². The molecule has 2 rings (SSSR count). The number of carbonyl (C=O) groups excluding carboxylic acids is 1. The summed E-state index contributed by atoms with van der Waals surface area (Å²) in [5, 5.41) is 4.65. The average Bonchev–Trinajstić information content (AvgIpc) is 2.59. The lowest BCUT2D eigenvalue weighted by molar-refractivity contribution is -0.120. The molecule has 0 saturated heterocycles. The quantitative estimate of drug-likeness (QED) is 0.397. The van der Waals surface area contributed by atoms with Crippen LogP contribution in [0.5, 0.6) is 0 Å². The molecule has 0 aliphatic heterocycles. The van der Waals surface area contributed by atoms with Crippen molar-refractivity contribution in [2.45, 2.75) is 22.8 Å². The second kappa shape index (κ2) is 10.6. The molecule has 7 heteroatoms. The molecular formula is C18H18Cl3NOS2. The lowest BCUT2D eigenvalue weighted by Gasteiger charge is -2.12. The van der Waals surface area contributed by atoms with E-state index in [1.54, 1.807) is 17.8 Å². The van der Waals surface area contributed by atoms with Gasteiger partial charge in [0, 0.05) is 28.0 Å². The Kier molecular flexibility index (Phi) is 8.80. The zero-order valence-electron chi connectivity index (χ0n) is 13.6. The molecular weight excluding hydrogens is 417 g/mol. The van der Waals surface area contributed by atoms with Gasteiger partial charge in [0.25, 0.3) is 0 Å². The van der Waals surface area contributed by atoms with Crippen LogP contribution in [0, 0.1) is 0 Å². The number of thioether (sulfide) groups is 2. The molecule has 0 unspecified atom stereocenters. The second-order valence-electron chi connectivity index (χ2n) is 5.31. The Balaban J connectivity index is 1.65. The van der Waals surface area contributed by atoms with Crippen LogP contribution in [0.3, 0.4) is 0 Å². The molecule has 134 valence electrons. The predicted molar refractivity (Wildman–Crippen MR) is 112 cm³/mol. The van der Waals surface area contributed by atoms with Gasteiger partial charge in [-0.2, -0.15) is 11.8 Å². The Hall–Kier alpha value is -0.520. The number of halogens is 3. The van der Waals surface area contributed by atoms with Crippen LogP contribution in [-0.2, 0) is 10.5 Å². The number of rotatable bonds is 8. The Labute approximate surface area is 172 Å². The highest BCUT2D eigenvalue weighted by atomic mass is 35.5. The molecule has 1 amide bonds. The van der Waals surface area contributed by atoms with Crippen molar-refractivity contribution in [1.82, 2.24) is 5.32 Å². The van der Waals surface area contributed by atoms with Crippen molar-refractivity contribution < 1.29 is 4.79 Å². The van der Waals surface area contributed by atoms with E-state index < -0.39 is 0 Å². The van der Waals surface area contributed by atoms with E-state index in [1.807, 2.05) is 43.3 Å². The zero-order chi connectivity index (χ0) is 18.2. The summed E-state index contributed by atoms with van der Waals surface area (Å²) < 4.78 is 0. The van der Waals surface area contributed by atoms with Gasteiger partial charge in [0.05, 0.1) is 15.3 Å². The largest absolute Gasteiger partial charge is 0.354 e. The minimum atomic E-state index is -0.152. The van der Waals surface area contributed by atoms with E-state index >= 15 is 0 Å². The van der Waals surface area contributed by atoms with Crippen molar-refractivity contribution in [2.24, 2.45) is 0 Å². The number of amides is 1. The van der Waals surface area contributed by atoms with Crippen LogP contribution in [0.1, 0.15) is 12.5 Å². The summed E-state index contributed by atoms with van der Waals surface area (Å²) in [4.78, 5) is 13.2. The molecule has 0 fully saturated rings. The normalized spacial score (nSPS) is 12.0. The molecule has 0 spiro atoms. The van der Waals surface area contributed by atoms with E-state index in [1.165, 1.54) is 11.8 Å². The third-order valence-corrected chi connectivity index (χ3v) is 6.43. The van der Waals surface area contributed by atoms with Gasteiger partial charge in [0.15, 0.2) is 0 Å². The van der Waals surface area contributed by atoms with Crippen molar-refractivity contribution >= 4 is 64.2 Å². The first kappa shape index (κ1) is 20.8. The van der Waals surface area contributed by atoms with Gasteiger partial charge >= 0.3 is 0 Å². The molecule has 0 aliphatic carbocycles. The monoisotopic (exact) mass is 433 g/mol. The van der Waals surface area contributed by atoms with Crippen molar-refractivity contribution in [3.63, 3.8) is 0 Å². The lowest BCUT2D eigenvalue weighted by Crippen LogP contribution is -2.32. The average molecular weight is 435 g/mol. The van der Waals surface area contributed by atoms with Crippen LogP contribution >= 0.6 is 58.3 Å². The van der Waals surface area contributed by atoms with Crippen molar-refractivity contribution in [3.05, 3.63) is 63.1 Å². The Bertz CT molecular complexity index is 710. The fourth-order valence-electron chi connectivity index (χ4n) is 1.98. The van der Waals surface area contributed by atoms with E-state index in [0.29, 0.717) is 21.6 Å². The van der Waals surface area contributed by atoms with E-state index in [4.69, 9.17) is 34.8 Å². The highest BCUT2D eigenvalue weighted by Gasteiger charge is 2.13. The third-order valence-electron chi connectivity index (χ3n) is 3.29. The summed E-state index contributed by atoms with van der Waals surface area (Å²) in [5.41, 5.74) is 1.12.